The van der Waals surface area contributed by atoms with Crippen LogP contribution in [0.25, 0.3) is 10.8 Å². The van der Waals surface area contributed by atoms with Crippen molar-refractivity contribution < 1.29 is 13.2 Å². The molecule has 0 amide bonds. The van der Waals surface area contributed by atoms with Gasteiger partial charge in [-0.25, -0.2) is 13.4 Å². The highest BCUT2D eigenvalue weighted by Gasteiger charge is 2.33. The lowest BCUT2D eigenvalue weighted by molar-refractivity contribution is 0.207. The quantitative estimate of drug-likeness (QED) is 0.708. The zero-order valence-electron chi connectivity index (χ0n) is 14.5. The van der Waals surface area contributed by atoms with Crippen molar-refractivity contribution in [3.8, 4) is 5.88 Å². The van der Waals surface area contributed by atoms with E-state index in [-0.39, 0.29) is 6.10 Å². The standard InChI is InChI=1S/C20H20N2O3S/c1-15-6-9-20(21-13-15)25-18-10-11-22(14-18)26(23,24)19-8-7-16-4-2-3-5-17(16)12-19/h2-9,12-13,18H,10-11,14H2,1H3. The molecule has 0 aliphatic carbocycles. The summed E-state index contributed by atoms with van der Waals surface area (Å²) in [6.07, 6.45) is 2.22. The van der Waals surface area contributed by atoms with Crippen molar-refractivity contribution in [2.24, 2.45) is 0 Å². The lowest BCUT2D eigenvalue weighted by Gasteiger charge is -2.17. The smallest absolute Gasteiger partial charge is 0.243 e. The summed E-state index contributed by atoms with van der Waals surface area (Å²) in [6, 6.07) is 16.8. The molecule has 26 heavy (non-hydrogen) atoms. The molecule has 0 spiro atoms. The molecule has 4 rings (SSSR count). The summed E-state index contributed by atoms with van der Waals surface area (Å²) in [5.41, 5.74) is 1.06. The number of fused-ring (bicyclic) bond motifs is 1. The molecule has 6 heteroatoms. The lowest BCUT2D eigenvalue weighted by Crippen LogP contribution is -2.31. The molecule has 0 N–H and O–H groups in total. The molecule has 5 nitrogen and oxygen atoms in total. The van der Waals surface area contributed by atoms with Gasteiger partial charge in [-0.05, 0) is 41.8 Å². The van der Waals surface area contributed by atoms with Crippen molar-refractivity contribution in [2.45, 2.75) is 24.3 Å². The average molecular weight is 368 g/mol. The van der Waals surface area contributed by atoms with E-state index >= 15 is 0 Å². The molecule has 1 saturated heterocycles. The Kier molecular flexibility index (Phi) is 4.38. The third kappa shape index (κ3) is 3.30. The molecule has 2 heterocycles. The number of aromatic nitrogens is 1. The van der Waals surface area contributed by atoms with Crippen molar-refractivity contribution in [2.75, 3.05) is 13.1 Å². The van der Waals surface area contributed by atoms with Crippen molar-refractivity contribution in [3.05, 3.63) is 66.4 Å². The van der Waals surface area contributed by atoms with Crippen LogP contribution < -0.4 is 4.74 Å². The second-order valence-electron chi connectivity index (χ2n) is 6.57. The average Bonchev–Trinajstić information content (AvgIpc) is 3.12. The van der Waals surface area contributed by atoms with Crippen LogP contribution in [-0.2, 0) is 10.0 Å². The van der Waals surface area contributed by atoms with Crippen LogP contribution in [0, 0.1) is 6.92 Å². The minimum absolute atomic E-state index is 0.180. The third-order valence-electron chi connectivity index (χ3n) is 4.64. The fraction of sp³-hybridized carbons (Fsp3) is 0.250. The van der Waals surface area contributed by atoms with Crippen LogP contribution in [0.15, 0.2) is 65.7 Å². The molecule has 0 bridgehead atoms. The van der Waals surface area contributed by atoms with E-state index in [1.807, 2.05) is 49.4 Å². The third-order valence-corrected chi connectivity index (χ3v) is 6.50. The van der Waals surface area contributed by atoms with Crippen LogP contribution in [0.3, 0.4) is 0 Å². The van der Waals surface area contributed by atoms with E-state index in [0.29, 0.717) is 30.3 Å². The summed E-state index contributed by atoms with van der Waals surface area (Å²) < 4.78 is 33.3. The molecule has 134 valence electrons. The van der Waals surface area contributed by atoms with E-state index in [1.54, 1.807) is 18.3 Å². The van der Waals surface area contributed by atoms with Crippen molar-refractivity contribution in [1.82, 2.24) is 9.29 Å². The first-order chi connectivity index (χ1) is 12.5. The zero-order chi connectivity index (χ0) is 18.1. The summed E-state index contributed by atoms with van der Waals surface area (Å²) in [6.45, 7) is 2.75. The highest BCUT2D eigenvalue weighted by atomic mass is 32.2. The molecule has 2 aromatic carbocycles. The maximum absolute atomic E-state index is 13.0. The summed E-state index contributed by atoms with van der Waals surface area (Å²) in [7, 11) is -3.53. The van der Waals surface area contributed by atoms with Gasteiger partial charge in [0.05, 0.1) is 11.4 Å². The Balaban J connectivity index is 1.52. The van der Waals surface area contributed by atoms with Gasteiger partial charge in [0.2, 0.25) is 15.9 Å². The number of rotatable bonds is 4. The summed E-state index contributed by atoms with van der Waals surface area (Å²) in [5, 5.41) is 1.95. The maximum atomic E-state index is 13.0. The molecule has 1 aliphatic heterocycles. The predicted molar refractivity (Wildman–Crippen MR) is 101 cm³/mol. The van der Waals surface area contributed by atoms with Gasteiger partial charge in [-0.2, -0.15) is 4.31 Å². The van der Waals surface area contributed by atoms with Crippen LogP contribution in [0.4, 0.5) is 0 Å². The Morgan fingerprint density at radius 1 is 1.08 bits per heavy atom. The van der Waals surface area contributed by atoms with Gasteiger partial charge < -0.3 is 4.74 Å². The molecular weight excluding hydrogens is 348 g/mol. The number of hydrogen-bond donors (Lipinski definition) is 0. The van der Waals surface area contributed by atoms with Gasteiger partial charge in [0.25, 0.3) is 0 Å². The Hall–Kier alpha value is -2.44. The SMILES string of the molecule is Cc1ccc(OC2CCN(S(=O)(=O)c3ccc4ccccc4c3)C2)nc1. The first-order valence-corrected chi connectivity index (χ1v) is 10.0. The van der Waals surface area contributed by atoms with Gasteiger partial charge in [0, 0.05) is 18.8 Å². The van der Waals surface area contributed by atoms with Crippen LogP contribution >= 0.6 is 0 Å². The second kappa shape index (κ2) is 6.70. The van der Waals surface area contributed by atoms with Gasteiger partial charge in [-0.15, -0.1) is 0 Å². The van der Waals surface area contributed by atoms with E-state index in [0.717, 1.165) is 16.3 Å². The fourth-order valence-electron chi connectivity index (χ4n) is 3.18. The van der Waals surface area contributed by atoms with Crippen LogP contribution in [0.2, 0.25) is 0 Å². The van der Waals surface area contributed by atoms with Crippen molar-refractivity contribution >= 4 is 20.8 Å². The Bertz CT molecular complexity index is 1030. The fourth-order valence-corrected chi connectivity index (χ4v) is 4.71. The number of benzene rings is 2. The van der Waals surface area contributed by atoms with E-state index in [4.69, 9.17) is 4.74 Å². The van der Waals surface area contributed by atoms with Crippen molar-refractivity contribution in [3.63, 3.8) is 0 Å². The molecule has 1 aromatic heterocycles. The number of ether oxygens (including phenoxy) is 1. The van der Waals surface area contributed by atoms with Gasteiger partial charge in [0.1, 0.15) is 6.10 Å². The van der Waals surface area contributed by atoms with Gasteiger partial charge in [0.15, 0.2) is 0 Å². The molecule has 1 atom stereocenters. The molecule has 0 radical (unpaired) electrons. The highest BCUT2D eigenvalue weighted by Crippen LogP contribution is 2.26. The van der Waals surface area contributed by atoms with Crippen LogP contribution in [-0.4, -0.2) is 36.9 Å². The number of aryl methyl sites for hydroxylation is 1. The Labute approximate surface area is 153 Å². The minimum atomic E-state index is -3.53. The highest BCUT2D eigenvalue weighted by molar-refractivity contribution is 7.89. The number of nitrogens with zero attached hydrogens (tertiary/aromatic N) is 2. The lowest BCUT2D eigenvalue weighted by atomic mass is 10.1. The molecule has 1 unspecified atom stereocenters. The summed E-state index contributed by atoms with van der Waals surface area (Å²) in [5.74, 6) is 0.533. The predicted octanol–water partition coefficient (Wildman–Crippen LogP) is 3.39. The Morgan fingerprint density at radius 2 is 1.88 bits per heavy atom. The van der Waals surface area contributed by atoms with E-state index < -0.39 is 10.0 Å². The minimum Gasteiger partial charge on any atom is -0.473 e. The summed E-state index contributed by atoms with van der Waals surface area (Å²) >= 11 is 0. The normalized spacial score (nSPS) is 18.3. The first-order valence-electron chi connectivity index (χ1n) is 8.61. The van der Waals surface area contributed by atoms with Gasteiger partial charge >= 0.3 is 0 Å². The van der Waals surface area contributed by atoms with Gasteiger partial charge in [-0.1, -0.05) is 36.4 Å². The second-order valence-corrected chi connectivity index (χ2v) is 8.51. The first kappa shape index (κ1) is 17.0. The Morgan fingerprint density at radius 3 is 2.65 bits per heavy atom. The van der Waals surface area contributed by atoms with Crippen LogP contribution in [0.1, 0.15) is 12.0 Å². The molecule has 1 fully saturated rings. The molecule has 1 aliphatic rings. The van der Waals surface area contributed by atoms with E-state index in [2.05, 4.69) is 4.98 Å². The number of pyridine rings is 1. The maximum Gasteiger partial charge on any atom is 0.243 e. The van der Waals surface area contributed by atoms with Crippen molar-refractivity contribution in [1.29, 1.82) is 0 Å². The molecular formula is C20H20N2O3S. The van der Waals surface area contributed by atoms with E-state index in [1.165, 1.54) is 4.31 Å². The topological polar surface area (TPSA) is 59.5 Å². The molecule has 0 saturated carbocycles. The van der Waals surface area contributed by atoms with Gasteiger partial charge in [-0.3, -0.25) is 0 Å². The molecule has 3 aromatic rings. The number of sulfonamides is 1. The summed E-state index contributed by atoms with van der Waals surface area (Å²) in [4.78, 5) is 4.56. The zero-order valence-corrected chi connectivity index (χ0v) is 15.3. The monoisotopic (exact) mass is 368 g/mol. The number of hydrogen-bond acceptors (Lipinski definition) is 4. The van der Waals surface area contributed by atoms with Crippen LogP contribution in [0.5, 0.6) is 5.88 Å². The van der Waals surface area contributed by atoms with E-state index in [9.17, 15) is 8.42 Å². The largest absolute Gasteiger partial charge is 0.473 e.